The van der Waals surface area contributed by atoms with E-state index < -0.39 is 17.5 Å². The summed E-state index contributed by atoms with van der Waals surface area (Å²) in [6, 6.07) is 23.8. The number of fused-ring (bicyclic) bond motifs is 1. The van der Waals surface area contributed by atoms with Crippen LogP contribution in [0.5, 0.6) is 0 Å². The van der Waals surface area contributed by atoms with Crippen molar-refractivity contribution in [1.29, 1.82) is 0 Å². The molecule has 0 unspecified atom stereocenters. The second-order valence-electron chi connectivity index (χ2n) is 16.0. The van der Waals surface area contributed by atoms with Gasteiger partial charge in [0.15, 0.2) is 0 Å². The molecule has 1 aromatic heterocycles. The molecule has 1 aliphatic heterocycles. The zero-order chi connectivity index (χ0) is 40.9. The number of unbranched alkanes of at least 4 members (excludes halogenated alkanes) is 10. The zero-order valence-electron chi connectivity index (χ0n) is 35.3. The van der Waals surface area contributed by atoms with Crippen molar-refractivity contribution >= 4 is 34.6 Å². The number of carbonyl (C=O) groups is 3. The number of H-pyrrole nitrogens is 1. The number of hydrogen-bond donors (Lipinski definition) is 1. The number of anilines is 1. The number of amides is 1. The van der Waals surface area contributed by atoms with E-state index >= 15 is 0 Å². The van der Waals surface area contributed by atoms with Gasteiger partial charge in [-0.05, 0) is 69.4 Å². The third-order valence-corrected chi connectivity index (χ3v) is 10.1. The standard InChI is InChI=1S/C24H29N3O2.C24H38O4/c1-24(2,3)29-23(28)27-14-12-26(13-15-27)21-11-7-10-20-19(17-25-22(20)21)16-18-8-5-4-6-9-18;1-3-5-7-9-11-15-19-27-23(25)21-17-13-14-18-22(21)24(26)28-20-16-12-10-8-6-4-2/h4-11,17,25H,12-16H2,1-3H3;13-14,17-18H,3-12,15-16,19-20H2,1-2H3. The molecule has 1 aliphatic rings. The molecule has 0 saturated carbocycles. The van der Waals surface area contributed by atoms with E-state index in [1.807, 2.05) is 26.8 Å². The van der Waals surface area contributed by atoms with Gasteiger partial charge in [-0.25, -0.2) is 14.4 Å². The van der Waals surface area contributed by atoms with Crippen molar-refractivity contribution in [2.24, 2.45) is 0 Å². The number of piperazine rings is 1. The molecule has 9 heteroatoms. The van der Waals surface area contributed by atoms with Crippen molar-refractivity contribution in [1.82, 2.24) is 9.88 Å². The first-order chi connectivity index (χ1) is 27.6. The van der Waals surface area contributed by atoms with Crippen molar-refractivity contribution in [3.05, 3.63) is 101 Å². The van der Waals surface area contributed by atoms with Crippen LogP contribution in [0.2, 0.25) is 0 Å². The maximum Gasteiger partial charge on any atom is 0.410 e. The molecule has 1 fully saturated rings. The molecule has 5 rings (SSSR count). The van der Waals surface area contributed by atoms with E-state index in [1.54, 1.807) is 29.2 Å². The second kappa shape index (κ2) is 24.1. The minimum absolute atomic E-state index is 0.222. The Morgan fingerprint density at radius 2 is 1.16 bits per heavy atom. The molecular formula is C48H67N3O6. The first kappa shape index (κ1) is 44.9. The fourth-order valence-corrected chi connectivity index (χ4v) is 6.97. The third kappa shape index (κ3) is 15.2. The summed E-state index contributed by atoms with van der Waals surface area (Å²) in [6.07, 6.45) is 16.4. The van der Waals surface area contributed by atoms with Crippen LogP contribution < -0.4 is 4.90 Å². The average molecular weight is 782 g/mol. The Bertz CT molecular complexity index is 1740. The fourth-order valence-electron chi connectivity index (χ4n) is 6.97. The molecule has 4 aromatic rings. The van der Waals surface area contributed by atoms with Gasteiger partial charge >= 0.3 is 18.0 Å². The molecule has 57 heavy (non-hydrogen) atoms. The summed E-state index contributed by atoms with van der Waals surface area (Å²) < 4.78 is 16.2. The van der Waals surface area contributed by atoms with Crippen molar-refractivity contribution in [2.75, 3.05) is 44.3 Å². The van der Waals surface area contributed by atoms with Crippen LogP contribution in [-0.2, 0) is 20.6 Å². The van der Waals surface area contributed by atoms with Gasteiger partial charge in [-0.15, -0.1) is 0 Å². The maximum absolute atomic E-state index is 12.4. The number of aromatic nitrogens is 1. The third-order valence-electron chi connectivity index (χ3n) is 10.1. The smallest absolute Gasteiger partial charge is 0.410 e. The number of ether oxygens (including phenoxy) is 3. The molecule has 1 saturated heterocycles. The summed E-state index contributed by atoms with van der Waals surface area (Å²) in [7, 11) is 0. The molecule has 2 heterocycles. The lowest BCUT2D eigenvalue weighted by Gasteiger charge is -2.37. The van der Waals surface area contributed by atoms with Crippen molar-refractivity contribution in [2.45, 2.75) is 124 Å². The molecule has 3 aromatic carbocycles. The second-order valence-corrected chi connectivity index (χ2v) is 16.0. The lowest BCUT2D eigenvalue weighted by atomic mass is 10.0. The van der Waals surface area contributed by atoms with Crippen LogP contribution in [0.1, 0.15) is 144 Å². The van der Waals surface area contributed by atoms with Gasteiger partial charge in [0.25, 0.3) is 0 Å². The van der Waals surface area contributed by atoms with Gasteiger partial charge < -0.3 is 29.0 Å². The number of carbonyl (C=O) groups excluding carboxylic acids is 3. The molecule has 0 atom stereocenters. The Morgan fingerprint density at radius 1 is 0.632 bits per heavy atom. The van der Waals surface area contributed by atoms with Gasteiger partial charge in [0.05, 0.1) is 35.5 Å². The lowest BCUT2D eigenvalue weighted by Crippen LogP contribution is -2.50. The number of para-hydroxylation sites is 1. The number of esters is 2. The summed E-state index contributed by atoms with van der Waals surface area (Å²) in [4.78, 5) is 44.7. The fraction of sp³-hybridized carbons (Fsp3) is 0.521. The average Bonchev–Trinajstić information content (AvgIpc) is 3.62. The number of hydrogen-bond acceptors (Lipinski definition) is 7. The minimum atomic E-state index is -0.459. The van der Waals surface area contributed by atoms with Gasteiger partial charge in [-0.3, -0.25) is 0 Å². The summed E-state index contributed by atoms with van der Waals surface area (Å²) in [5.41, 5.74) is 5.11. The Hall–Kier alpha value is -4.79. The number of rotatable bonds is 19. The van der Waals surface area contributed by atoms with Crippen molar-refractivity contribution in [3.63, 3.8) is 0 Å². The van der Waals surface area contributed by atoms with Crippen LogP contribution in [-0.4, -0.2) is 72.9 Å². The highest BCUT2D eigenvalue weighted by Gasteiger charge is 2.27. The predicted molar refractivity (Wildman–Crippen MR) is 231 cm³/mol. The van der Waals surface area contributed by atoms with Gasteiger partial charge in [-0.1, -0.05) is 133 Å². The van der Waals surface area contributed by atoms with Crippen LogP contribution in [0.3, 0.4) is 0 Å². The monoisotopic (exact) mass is 782 g/mol. The molecular weight excluding hydrogens is 715 g/mol. The molecule has 9 nitrogen and oxygen atoms in total. The number of benzene rings is 3. The predicted octanol–water partition coefficient (Wildman–Crippen LogP) is 11.5. The largest absolute Gasteiger partial charge is 0.462 e. The van der Waals surface area contributed by atoms with Crippen molar-refractivity contribution < 1.29 is 28.6 Å². The van der Waals surface area contributed by atoms with E-state index in [4.69, 9.17) is 14.2 Å². The summed E-state index contributed by atoms with van der Waals surface area (Å²) >= 11 is 0. The Balaban J connectivity index is 0.000000253. The molecule has 0 aliphatic carbocycles. The Morgan fingerprint density at radius 3 is 1.70 bits per heavy atom. The van der Waals surface area contributed by atoms with Gasteiger partial charge in [0.2, 0.25) is 0 Å². The van der Waals surface area contributed by atoms with E-state index in [9.17, 15) is 14.4 Å². The maximum atomic E-state index is 12.4. The van der Waals surface area contributed by atoms with Gasteiger partial charge in [0, 0.05) is 37.8 Å². The van der Waals surface area contributed by atoms with Gasteiger partial charge in [0.1, 0.15) is 5.60 Å². The topological polar surface area (TPSA) is 101 Å². The van der Waals surface area contributed by atoms with E-state index in [2.05, 4.69) is 72.4 Å². The van der Waals surface area contributed by atoms with Crippen LogP contribution in [0.25, 0.3) is 10.9 Å². The van der Waals surface area contributed by atoms with E-state index in [-0.39, 0.29) is 6.09 Å². The lowest BCUT2D eigenvalue weighted by molar-refractivity contribution is 0.0240. The van der Waals surface area contributed by atoms with Crippen LogP contribution in [0.15, 0.2) is 79.0 Å². The highest BCUT2D eigenvalue weighted by Crippen LogP contribution is 2.30. The molecule has 1 amide bonds. The zero-order valence-corrected chi connectivity index (χ0v) is 35.3. The highest BCUT2D eigenvalue weighted by atomic mass is 16.6. The molecule has 0 spiro atoms. The van der Waals surface area contributed by atoms with Crippen LogP contribution >= 0.6 is 0 Å². The number of aromatic amines is 1. The van der Waals surface area contributed by atoms with Crippen molar-refractivity contribution in [3.8, 4) is 0 Å². The Labute approximate surface area is 341 Å². The number of nitrogens with one attached hydrogen (secondary N) is 1. The number of nitrogens with zero attached hydrogens (tertiary/aromatic N) is 2. The minimum Gasteiger partial charge on any atom is -0.462 e. The first-order valence-electron chi connectivity index (χ1n) is 21.4. The quantitative estimate of drug-likeness (QED) is 0.0574. The summed E-state index contributed by atoms with van der Waals surface area (Å²) in [6.45, 7) is 13.8. The summed E-state index contributed by atoms with van der Waals surface area (Å²) in [5, 5.41) is 1.26. The highest BCUT2D eigenvalue weighted by molar-refractivity contribution is 6.03. The molecule has 0 bridgehead atoms. The molecule has 1 N–H and O–H groups in total. The van der Waals surface area contributed by atoms with E-state index in [0.29, 0.717) is 37.4 Å². The SMILES string of the molecule is CC(C)(C)OC(=O)N1CCN(c2cccc3c(Cc4ccccc4)c[nH]c23)CC1.CCCCCCCCOC(=O)c1ccccc1C(=O)OCCCCCCCC. The molecule has 310 valence electrons. The van der Waals surface area contributed by atoms with Crippen LogP contribution in [0.4, 0.5) is 10.5 Å². The van der Waals surface area contributed by atoms with E-state index in [0.717, 1.165) is 45.2 Å². The normalized spacial score (nSPS) is 12.9. The first-order valence-corrected chi connectivity index (χ1v) is 21.4. The van der Waals surface area contributed by atoms with E-state index in [1.165, 1.54) is 79.1 Å². The summed E-state index contributed by atoms with van der Waals surface area (Å²) in [5.74, 6) is -0.888. The van der Waals surface area contributed by atoms with Gasteiger partial charge in [-0.2, -0.15) is 0 Å². The molecule has 0 radical (unpaired) electrons. The van der Waals surface area contributed by atoms with Crippen LogP contribution in [0, 0.1) is 0 Å². The Kier molecular flexibility index (Phi) is 19.0.